The Morgan fingerprint density at radius 3 is 2.63 bits per heavy atom. The summed E-state index contributed by atoms with van der Waals surface area (Å²) in [4.78, 5) is 2.40. The van der Waals surface area contributed by atoms with Crippen molar-refractivity contribution in [3.05, 3.63) is 0 Å². The summed E-state index contributed by atoms with van der Waals surface area (Å²) in [5.74, 6) is 0.443. The van der Waals surface area contributed by atoms with Crippen molar-refractivity contribution in [2.45, 2.75) is 57.8 Å². The number of piperidine rings is 1. The van der Waals surface area contributed by atoms with Crippen LogP contribution < -0.4 is 0 Å². The first-order valence-corrected chi connectivity index (χ1v) is 7.86. The van der Waals surface area contributed by atoms with E-state index >= 15 is 0 Å². The lowest BCUT2D eigenvalue weighted by atomic mass is 9.71. The van der Waals surface area contributed by atoms with Gasteiger partial charge in [-0.05, 0) is 33.1 Å². The Hall–Kier alpha value is -0.160. The summed E-state index contributed by atoms with van der Waals surface area (Å²) in [6.45, 7) is 8.16. The van der Waals surface area contributed by atoms with Crippen LogP contribution in [0.3, 0.4) is 0 Å². The van der Waals surface area contributed by atoms with Crippen LogP contribution in [0.4, 0.5) is 0 Å². The third kappa shape index (κ3) is 3.91. The van der Waals surface area contributed by atoms with E-state index in [4.69, 9.17) is 9.47 Å². The van der Waals surface area contributed by atoms with E-state index in [1.807, 2.05) is 13.8 Å². The molecule has 1 N–H and O–H groups in total. The van der Waals surface area contributed by atoms with E-state index in [0.717, 1.165) is 32.5 Å². The Labute approximate surface area is 117 Å². The Balaban J connectivity index is 1.85. The summed E-state index contributed by atoms with van der Waals surface area (Å²) in [6.07, 6.45) is 5.40. The van der Waals surface area contributed by atoms with E-state index in [0.29, 0.717) is 19.1 Å². The van der Waals surface area contributed by atoms with E-state index in [1.54, 1.807) is 0 Å². The van der Waals surface area contributed by atoms with Gasteiger partial charge in [-0.3, -0.25) is 4.90 Å². The molecule has 0 aromatic heterocycles. The van der Waals surface area contributed by atoms with E-state index in [-0.39, 0.29) is 11.9 Å². The average molecular weight is 271 g/mol. The number of aliphatic hydroxyl groups is 1. The van der Waals surface area contributed by atoms with Crippen LogP contribution in [0.15, 0.2) is 0 Å². The summed E-state index contributed by atoms with van der Waals surface area (Å²) >= 11 is 0. The quantitative estimate of drug-likeness (QED) is 0.750. The van der Waals surface area contributed by atoms with E-state index in [2.05, 4.69) is 4.90 Å². The highest BCUT2D eigenvalue weighted by Crippen LogP contribution is 2.39. The first-order chi connectivity index (χ1) is 9.18. The molecular weight excluding hydrogens is 242 g/mol. The fourth-order valence-electron chi connectivity index (χ4n) is 3.54. The van der Waals surface area contributed by atoms with Crippen LogP contribution in [0.2, 0.25) is 0 Å². The zero-order chi connectivity index (χ0) is 13.7. The van der Waals surface area contributed by atoms with E-state index < -0.39 is 0 Å². The van der Waals surface area contributed by atoms with Gasteiger partial charge in [0.05, 0.1) is 5.60 Å². The highest BCUT2D eigenvalue weighted by Gasteiger charge is 2.42. The molecule has 2 fully saturated rings. The van der Waals surface area contributed by atoms with Crippen molar-refractivity contribution in [1.29, 1.82) is 0 Å². The minimum atomic E-state index is -0.387. The van der Waals surface area contributed by atoms with Crippen LogP contribution in [0, 0.1) is 5.92 Å². The van der Waals surface area contributed by atoms with Gasteiger partial charge in [-0.1, -0.05) is 12.8 Å². The highest BCUT2D eigenvalue weighted by molar-refractivity contribution is 4.95. The fraction of sp³-hybridized carbons (Fsp3) is 1.00. The number of fused-ring (bicyclic) bond motifs is 1. The molecule has 1 saturated carbocycles. The van der Waals surface area contributed by atoms with Crippen molar-refractivity contribution in [2.24, 2.45) is 5.92 Å². The number of likely N-dealkylation sites (tertiary alicyclic amines) is 1. The first kappa shape index (κ1) is 15.2. The van der Waals surface area contributed by atoms with Gasteiger partial charge in [0.15, 0.2) is 6.29 Å². The minimum absolute atomic E-state index is 0.121. The molecule has 0 aromatic carbocycles. The van der Waals surface area contributed by atoms with Crippen LogP contribution in [-0.2, 0) is 9.47 Å². The first-order valence-electron chi connectivity index (χ1n) is 7.86. The molecule has 0 bridgehead atoms. The van der Waals surface area contributed by atoms with Gasteiger partial charge in [-0.2, -0.15) is 0 Å². The van der Waals surface area contributed by atoms with Crippen LogP contribution in [0.25, 0.3) is 0 Å². The predicted octanol–water partition coefficient (Wildman–Crippen LogP) is 2.01. The molecule has 4 nitrogen and oxygen atoms in total. The number of hydrogen-bond donors (Lipinski definition) is 1. The molecule has 0 aromatic rings. The Morgan fingerprint density at radius 1 is 1.21 bits per heavy atom. The van der Waals surface area contributed by atoms with Crippen LogP contribution in [-0.4, -0.2) is 54.7 Å². The molecule has 2 atom stereocenters. The van der Waals surface area contributed by atoms with Gasteiger partial charge >= 0.3 is 0 Å². The maximum atomic E-state index is 10.7. The normalized spacial score (nSPS) is 32.5. The van der Waals surface area contributed by atoms with Crippen molar-refractivity contribution in [1.82, 2.24) is 4.90 Å². The largest absolute Gasteiger partial charge is 0.390 e. The third-order valence-electron chi connectivity index (χ3n) is 4.62. The van der Waals surface area contributed by atoms with E-state index in [1.165, 1.54) is 19.3 Å². The van der Waals surface area contributed by atoms with Crippen molar-refractivity contribution in [3.63, 3.8) is 0 Å². The molecule has 1 heterocycles. The topological polar surface area (TPSA) is 41.9 Å². The lowest BCUT2D eigenvalue weighted by Gasteiger charge is -2.47. The number of rotatable bonds is 6. The van der Waals surface area contributed by atoms with Gasteiger partial charge in [0, 0.05) is 38.8 Å². The highest BCUT2D eigenvalue weighted by atomic mass is 16.7. The van der Waals surface area contributed by atoms with Crippen molar-refractivity contribution in [2.75, 3.05) is 32.8 Å². The second kappa shape index (κ2) is 7.02. The lowest BCUT2D eigenvalue weighted by molar-refractivity contribution is -0.162. The molecule has 1 aliphatic carbocycles. The summed E-state index contributed by atoms with van der Waals surface area (Å²) in [5, 5.41) is 10.7. The zero-order valence-electron chi connectivity index (χ0n) is 12.4. The van der Waals surface area contributed by atoms with Crippen molar-refractivity contribution < 1.29 is 14.6 Å². The molecular formula is C15H29NO3. The molecule has 0 spiro atoms. The Morgan fingerprint density at radius 2 is 1.95 bits per heavy atom. The van der Waals surface area contributed by atoms with Gasteiger partial charge in [-0.25, -0.2) is 0 Å². The van der Waals surface area contributed by atoms with Gasteiger partial charge in [0.25, 0.3) is 0 Å². The number of ether oxygens (including phenoxy) is 2. The predicted molar refractivity (Wildman–Crippen MR) is 75.0 cm³/mol. The van der Waals surface area contributed by atoms with Gasteiger partial charge in [0.1, 0.15) is 0 Å². The number of hydrogen-bond acceptors (Lipinski definition) is 4. The molecule has 2 rings (SSSR count). The van der Waals surface area contributed by atoms with Crippen molar-refractivity contribution >= 4 is 0 Å². The second-order valence-corrected chi connectivity index (χ2v) is 5.90. The molecule has 1 aliphatic heterocycles. The minimum Gasteiger partial charge on any atom is -0.390 e. The zero-order valence-corrected chi connectivity index (χ0v) is 12.4. The van der Waals surface area contributed by atoms with Crippen LogP contribution in [0.5, 0.6) is 0 Å². The molecule has 2 aliphatic rings. The Kier molecular flexibility index (Phi) is 5.63. The second-order valence-electron chi connectivity index (χ2n) is 5.90. The van der Waals surface area contributed by atoms with Crippen molar-refractivity contribution in [3.8, 4) is 0 Å². The fourth-order valence-corrected chi connectivity index (χ4v) is 3.54. The average Bonchev–Trinajstić information content (AvgIpc) is 2.39. The van der Waals surface area contributed by atoms with Gasteiger partial charge in [0.2, 0.25) is 0 Å². The molecule has 0 radical (unpaired) electrons. The molecule has 2 unspecified atom stereocenters. The van der Waals surface area contributed by atoms with Gasteiger partial charge < -0.3 is 14.6 Å². The summed E-state index contributed by atoms with van der Waals surface area (Å²) in [5.41, 5.74) is -0.387. The van der Waals surface area contributed by atoms with Crippen LogP contribution >= 0.6 is 0 Å². The standard InChI is InChI=1S/C15H29NO3/c1-3-18-14(19-4-2)12-16-10-9-15(17)8-6-5-7-13(15)11-16/h13-14,17H,3-12H2,1-2H3. The van der Waals surface area contributed by atoms with Crippen LogP contribution in [0.1, 0.15) is 46.0 Å². The number of nitrogens with zero attached hydrogens (tertiary/aromatic N) is 1. The maximum Gasteiger partial charge on any atom is 0.170 e. The lowest BCUT2D eigenvalue weighted by Crippen LogP contribution is -2.54. The monoisotopic (exact) mass is 271 g/mol. The van der Waals surface area contributed by atoms with Gasteiger partial charge in [-0.15, -0.1) is 0 Å². The summed E-state index contributed by atoms with van der Waals surface area (Å²) < 4.78 is 11.2. The SMILES string of the molecule is CCOC(CN1CCC2(O)CCCCC2C1)OCC. The maximum absolute atomic E-state index is 10.7. The molecule has 4 heteroatoms. The molecule has 19 heavy (non-hydrogen) atoms. The third-order valence-corrected chi connectivity index (χ3v) is 4.62. The summed E-state index contributed by atoms with van der Waals surface area (Å²) in [6, 6.07) is 0. The molecule has 112 valence electrons. The molecule has 1 saturated heterocycles. The smallest absolute Gasteiger partial charge is 0.170 e. The summed E-state index contributed by atoms with van der Waals surface area (Å²) in [7, 11) is 0. The molecule has 0 amide bonds. The van der Waals surface area contributed by atoms with E-state index in [9.17, 15) is 5.11 Å². The Bertz CT molecular complexity index is 268.